The van der Waals surface area contributed by atoms with Crippen molar-refractivity contribution >= 4 is 40.6 Å². The third-order valence-corrected chi connectivity index (χ3v) is 6.80. The van der Waals surface area contributed by atoms with E-state index in [2.05, 4.69) is 5.32 Å². The molecule has 0 bridgehead atoms. The summed E-state index contributed by atoms with van der Waals surface area (Å²) >= 11 is 7.43. The molecule has 1 fully saturated rings. The van der Waals surface area contributed by atoms with Crippen LogP contribution in [-0.2, 0) is 4.74 Å². The summed E-state index contributed by atoms with van der Waals surface area (Å²) in [4.78, 5) is 28.3. The average Bonchev–Trinajstić information content (AvgIpc) is 3.29. The molecule has 8 heteroatoms. The molecule has 1 saturated heterocycles. The second kappa shape index (κ2) is 10.7. The molecule has 35 heavy (non-hydrogen) atoms. The van der Waals surface area contributed by atoms with Crippen molar-refractivity contribution in [2.45, 2.75) is 45.3 Å². The van der Waals surface area contributed by atoms with Crippen LogP contribution in [0.1, 0.15) is 43.3 Å². The maximum atomic E-state index is 12.6. The number of hydrogen-bond donors (Lipinski definition) is 1. The van der Waals surface area contributed by atoms with Crippen LogP contribution in [0.4, 0.5) is 10.5 Å². The first-order valence-electron chi connectivity index (χ1n) is 11.6. The van der Waals surface area contributed by atoms with Crippen LogP contribution in [0.5, 0.6) is 5.75 Å². The average molecular weight is 513 g/mol. The number of nitrogens with zero attached hydrogens (tertiary/aromatic N) is 1. The molecule has 0 unspecified atom stereocenters. The number of likely N-dealkylation sites (tertiary alicyclic amines) is 1. The van der Waals surface area contributed by atoms with E-state index in [1.54, 1.807) is 29.2 Å². The summed E-state index contributed by atoms with van der Waals surface area (Å²) in [6, 6.07) is 18.7. The first kappa shape index (κ1) is 25.1. The number of ether oxygens (including phenoxy) is 2. The highest BCUT2D eigenvalue weighted by molar-refractivity contribution is 7.17. The number of piperidine rings is 1. The number of anilines is 1. The number of hydrogen-bond acceptors (Lipinski definition) is 5. The van der Waals surface area contributed by atoms with E-state index in [4.69, 9.17) is 21.1 Å². The summed E-state index contributed by atoms with van der Waals surface area (Å²) in [5.41, 5.74) is 1.15. The highest BCUT2D eigenvalue weighted by Crippen LogP contribution is 2.32. The minimum Gasteiger partial charge on any atom is -0.490 e. The second-order valence-electron chi connectivity index (χ2n) is 9.44. The van der Waals surface area contributed by atoms with Crippen molar-refractivity contribution in [3.63, 3.8) is 0 Å². The van der Waals surface area contributed by atoms with Gasteiger partial charge in [-0.15, -0.1) is 11.3 Å². The van der Waals surface area contributed by atoms with E-state index < -0.39 is 5.60 Å². The molecule has 1 aliphatic heterocycles. The van der Waals surface area contributed by atoms with Gasteiger partial charge in [-0.1, -0.05) is 29.8 Å². The molecular weight excluding hydrogens is 484 g/mol. The SMILES string of the molecule is CC(C)(C)OC(=O)N1CCC(Oc2cccc(-c3ccc(C(=O)Nc4cccc(Cl)c4)s3)c2)CC1. The Kier molecular flexibility index (Phi) is 7.67. The molecule has 2 aromatic carbocycles. The summed E-state index contributed by atoms with van der Waals surface area (Å²) in [7, 11) is 0. The highest BCUT2D eigenvalue weighted by Gasteiger charge is 2.27. The second-order valence-corrected chi connectivity index (χ2v) is 11.0. The predicted molar refractivity (Wildman–Crippen MR) is 141 cm³/mol. The van der Waals surface area contributed by atoms with E-state index in [0.717, 1.165) is 29.0 Å². The molecule has 3 aromatic rings. The van der Waals surface area contributed by atoms with Crippen LogP contribution in [0.25, 0.3) is 10.4 Å². The predicted octanol–water partition coefficient (Wildman–Crippen LogP) is 7.10. The van der Waals surface area contributed by atoms with Crippen LogP contribution >= 0.6 is 22.9 Å². The number of benzene rings is 2. The molecule has 2 amide bonds. The molecule has 0 spiro atoms. The van der Waals surface area contributed by atoms with Gasteiger partial charge in [0.1, 0.15) is 17.5 Å². The molecular formula is C27H29ClN2O4S. The number of carbonyl (C=O) groups excluding carboxylic acids is 2. The maximum absolute atomic E-state index is 12.6. The Balaban J connectivity index is 1.35. The molecule has 0 saturated carbocycles. The fourth-order valence-electron chi connectivity index (χ4n) is 3.77. The largest absolute Gasteiger partial charge is 0.490 e. The Hall–Kier alpha value is -3.03. The van der Waals surface area contributed by atoms with Crippen molar-refractivity contribution in [3.8, 4) is 16.2 Å². The van der Waals surface area contributed by atoms with Gasteiger partial charge in [-0.05, 0) is 68.8 Å². The Labute approximate surface area is 214 Å². The Bertz CT molecular complexity index is 1200. The van der Waals surface area contributed by atoms with Crippen LogP contribution in [-0.4, -0.2) is 41.7 Å². The number of rotatable bonds is 5. The first-order chi connectivity index (χ1) is 16.7. The zero-order chi connectivity index (χ0) is 25.0. The van der Waals surface area contributed by atoms with Crippen LogP contribution in [0, 0.1) is 0 Å². The third-order valence-electron chi connectivity index (χ3n) is 5.43. The van der Waals surface area contributed by atoms with Gasteiger partial charge in [0.15, 0.2) is 0 Å². The lowest BCUT2D eigenvalue weighted by Crippen LogP contribution is -2.44. The van der Waals surface area contributed by atoms with Crippen molar-refractivity contribution in [1.82, 2.24) is 4.90 Å². The third kappa shape index (κ3) is 6.99. The lowest BCUT2D eigenvalue weighted by molar-refractivity contribution is 0.0126. The van der Waals surface area contributed by atoms with Gasteiger partial charge in [0.2, 0.25) is 0 Å². The summed E-state index contributed by atoms with van der Waals surface area (Å²) in [6.07, 6.45) is 1.25. The maximum Gasteiger partial charge on any atom is 0.410 e. The number of nitrogens with one attached hydrogen (secondary N) is 1. The topological polar surface area (TPSA) is 67.9 Å². The van der Waals surface area contributed by atoms with E-state index in [1.807, 2.05) is 57.2 Å². The minimum atomic E-state index is -0.498. The summed E-state index contributed by atoms with van der Waals surface area (Å²) in [5, 5.41) is 3.45. The zero-order valence-electron chi connectivity index (χ0n) is 20.0. The molecule has 4 rings (SSSR count). The van der Waals surface area contributed by atoms with Crippen molar-refractivity contribution in [2.24, 2.45) is 0 Å². The highest BCUT2D eigenvalue weighted by atomic mass is 35.5. The summed E-state index contributed by atoms with van der Waals surface area (Å²) in [6.45, 7) is 6.83. The first-order valence-corrected chi connectivity index (χ1v) is 12.8. The number of halogens is 1. The Morgan fingerprint density at radius 2 is 1.77 bits per heavy atom. The molecule has 1 N–H and O–H groups in total. The number of amides is 2. The smallest absolute Gasteiger partial charge is 0.410 e. The zero-order valence-corrected chi connectivity index (χ0v) is 21.6. The van der Waals surface area contributed by atoms with E-state index >= 15 is 0 Å². The van der Waals surface area contributed by atoms with E-state index in [9.17, 15) is 9.59 Å². The molecule has 184 valence electrons. The van der Waals surface area contributed by atoms with Gasteiger partial charge >= 0.3 is 6.09 Å². The normalized spacial score (nSPS) is 14.5. The molecule has 0 radical (unpaired) electrons. The van der Waals surface area contributed by atoms with Crippen LogP contribution in [0.2, 0.25) is 5.02 Å². The quantitative estimate of drug-likeness (QED) is 0.396. The van der Waals surface area contributed by atoms with E-state index in [0.29, 0.717) is 28.7 Å². The minimum absolute atomic E-state index is 0.0336. The van der Waals surface area contributed by atoms with Crippen molar-refractivity contribution in [2.75, 3.05) is 18.4 Å². The lowest BCUT2D eigenvalue weighted by Gasteiger charge is -2.33. The molecule has 0 aliphatic carbocycles. The van der Waals surface area contributed by atoms with Crippen LogP contribution in [0.15, 0.2) is 60.7 Å². The van der Waals surface area contributed by atoms with Gasteiger partial charge in [-0.2, -0.15) is 0 Å². The number of carbonyl (C=O) groups is 2. The summed E-state index contributed by atoms with van der Waals surface area (Å²) in [5.74, 6) is 0.601. The Morgan fingerprint density at radius 3 is 2.49 bits per heavy atom. The van der Waals surface area contributed by atoms with Gasteiger partial charge in [0.25, 0.3) is 5.91 Å². The molecule has 1 aliphatic rings. The van der Waals surface area contributed by atoms with Crippen molar-refractivity contribution < 1.29 is 19.1 Å². The molecule has 6 nitrogen and oxygen atoms in total. The van der Waals surface area contributed by atoms with E-state index in [-0.39, 0.29) is 18.1 Å². The Morgan fingerprint density at radius 1 is 1.03 bits per heavy atom. The van der Waals surface area contributed by atoms with Crippen LogP contribution in [0.3, 0.4) is 0 Å². The molecule has 1 aromatic heterocycles. The van der Waals surface area contributed by atoms with Gasteiger partial charge in [-0.3, -0.25) is 4.79 Å². The van der Waals surface area contributed by atoms with Crippen molar-refractivity contribution in [3.05, 3.63) is 70.6 Å². The van der Waals surface area contributed by atoms with Gasteiger partial charge in [-0.25, -0.2) is 4.79 Å². The van der Waals surface area contributed by atoms with Crippen LogP contribution < -0.4 is 10.1 Å². The monoisotopic (exact) mass is 512 g/mol. The van der Waals surface area contributed by atoms with Gasteiger partial charge < -0.3 is 19.7 Å². The standard InChI is InChI=1S/C27H29ClN2O4S/c1-27(2,3)34-26(32)30-14-12-21(13-15-30)33-22-9-4-6-18(16-22)23-10-11-24(35-23)25(31)29-20-8-5-7-19(28)17-20/h4-11,16-17,21H,12-15H2,1-3H3,(H,29,31). The van der Waals surface area contributed by atoms with Gasteiger partial charge in [0.05, 0.1) is 4.88 Å². The lowest BCUT2D eigenvalue weighted by atomic mass is 10.1. The van der Waals surface area contributed by atoms with E-state index in [1.165, 1.54) is 11.3 Å². The number of thiophene rings is 1. The van der Waals surface area contributed by atoms with Crippen molar-refractivity contribution in [1.29, 1.82) is 0 Å². The fraction of sp³-hybridized carbons (Fsp3) is 0.333. The molecule has 2 heterocycles. The fourth-order valence-corrected chi connectivity index (χ4v) is 4.86. The van der Waals surface area contributed by atoms with Gasteiger partial charge in [0, 0.05) is 41.5 Å². The summed E-state index contributed by atoms with van der Waals surface area (Å²) < 4.78 is 11.7. The molecule has 0 atom stereocenters.